The van der Waals surface area contributed by atoms with Crippen LogP contribution in [-0.4, -0.2) is 23.5 Å². The van der Waals surface area contributed by atoms with Crippen LogP contribution in [0.15, 0.2) is 18.2 Å². The highest BCUT2D eigenvalue weighted by molar-refractivity contribution is 7.22. The fourth-order valence-electron chi connectivity index (χ4n) is 2.32. The average molecular weight is 265 g/mol. The molecule has 4 nitrogen and oxygen atoms in total. The van der Waals surface area contributed by atoms with Gasteiger partial charge in [0.15, 0.2) is 5.13 Å². The Labute approximate surface area is 107 Å². The molecule has 0 radical (unpaired) electrons. The molecule has 18 heavy (non-hydrogen) atoms. The van der Waals surface area contributed by atoms with Crippen LogP contribution in [0, 0.1) is 5.82 Å². The van der Waals surface area contributed by atoms with Crippen molar-refractivity contribution in [1.82, 2.24) is 4.98 Å². The Kier molecular flexibility index (Phi) is 2.66. The molecule has 1 aliphatic rings. The second-order valence-electron chi connectivity index (χ2n) is 4.34. The third-order valence-corrected chi connectivity index (χ3v) is 4.24. The Morgan fingerprint density at radius 3 is 3.11 bits per heavy atom. The Balaban J connectivity index is 2.04. The van der Waals surface area contributed by atoms with Crippen LogP contribution < -0.4 is 10.6 Å². The highest BCUT2D eigenvalue weighted by atomic mass is 32.1. The zero-order valence-corrected chi connectivity index (χ0v) is 10.4. The lowest BCUT2D eigenvalue weighted by Crippen LogP contribution is -2.40. The molecule has 0 aliphatic carbocycles. The molecule has 0 bridgehead atoms. The van der Waals surface area contributed by atoms with Crippen LogP contribution >= 0.6 is 11.3 Å². The van der Waals surface area contributed by atoms with E-state index in [1.807, 2.05) is 11.0 Å². The number of nitrogens with two attached hydrogens (primary N) is 1. The fourth-order valence-corrected chi connectivity index (χ4v) is 3.37. The van der Waals surface area contributed by atoms with Crippen molar-refractivity contribution < 1.29 is 9.18 Å². The summed E-state index contributed by atoms with van der Waals surface area (Å²) < 4.78 is 14.4. The van der Waals surface area contributed by atoms with Crippen molar-refractivity contribution in [2.45, 2.75) is 18.9 Å². The summed E-state index contributed by atoms with van der Waals surface area (Å²) in [5.41, 5.74) is 5.74. The minimum atomic E-state index is -0.341. The van der Waals surface area contributed by atoms with Gasteiger partial charge in [0, 0.05) is 6.54 Å². The number of nitrogens with zero attached hydrogens (tertiary/aromatic N) is 2. The zero-order valence-electron chi connectivity index (χ0n) is 9.60. The monoisotopic (exact) mass is 265 g/mol. The molecule has 1 saturated heterocycles. The van der Waals surface area contributed by atoms with Gasteiger partial charge in [0.2, 0.25) is 5.91 Å². The number of carbonyl (C=O) groups excluding carboxylic acids is 1. The van der Waals surface area contributed by atoms with Gasteiger partial charge < -0.3 is 10.6 Å². The number of para-hydroxylation sites is 1. The standard InChI is InChI=1S/C12H12FN3OS/c13-7-3-1-5-9-10(7)15-12(18-9)16-6-2-4-8(16)11(14)17/h1,3,5,8H,2,4,6H2,(H2,14,17). The number of anilines is 1. The predicted molar refractivity (Wildman–Crippen MR) is 69.1 cm³/mol. The number of halogens is 1. The molecular weight excluding hydrogens is 253 g/mol. The van der Waals surface area contributed by atoms with Gasteiger partial charge in [-0.2, -0.15) is 0 Å². The summed E-state index contributed by atoms with van der Waals surface area (Å²) in [4.78, 5) is 17.5. The Morgan fingerprint density at radius 1 is 1.56 bits per heavy atom. The Morgan fingerprint density at radius 2 is 2.39 bits per heavy atom. The molecule has 94 valence electrons. The van der Waals surface area contributed by atoms with Crippen LogP contribution in [0.4, 0.5) is 9.52 Å². The number of amides is 1. The molecule has 6 heteroatoms. The molecule has 0 saturated carbocycles. The molecule has 2 N–H and O–H groups in total. The number of benzene rings is 1. The van der Waals surface area contributed by atoms with Crippen LogP contribution in [0.5, 0.6) is 0 Å². The van der Waals surface area contributed by atoms with Gasteiger partial charge in [-0.25, -0.2) is 9.37 Å². The Bertz CT molecular complexity index is 612. The molecule has 1 aromatic carbocycles. The lowest BCUT2D eigenvalue weighted by Gasteiger charge is -2.20. The molecule has 1 aromatic heterocycles. The Hall–Kier alpha value is -1.69. The van der Waals surface area contributed by atoms with E-state index in [1.165, 1.54) is 17.4 Å². The maximum atomic E-state index is 13.6. The van der Waals surface area contributed by atoms with Crippen molar-refractivity contribution in [3.05, 3.63) is 24.0 Å². The first-order valence-corrected chi connectivity index (χ1v) is 6.59. The van der Waals surface area contributed by atoms with E-state index < -0.39 is 0 Å². The molecule has 2 heterocycles. The summed E-state index contributed by atoms with van der Waals surface area (Å²) in [6, 6.07) is 4.57. The first-order valence-electron chi connectivity index (χ1n) is 5.78. The van der Waals surface area contributed by atoms with Gasteiger partial charge in [0.05, 0.1) is 4.70 Å². The number of carbonyl (C=O) groups is 1. The third-order valence-electron chi connectivity index (χ3n) is 3.19. The molecule has 3 rings (SSSR count). The van der Waals surface area contributed by atoms with Crippen molar-refractivity contribution in [3.63, 3.8) is 0 Å². The number of hydrogen-bond acceptors (Lipinski definition) is 4. The molecular formula is C12H12FN3OS. The highest BCUT2D eigenvalue weighted by Crippen LogP contribution is 2.33. The number of fused-ring (bicyclic) bond motifs is 1. The van der Waals surface area contributed by atoms with Crippen molar-refractivity contribution in [2.24, 2.45) is 5.73 Å². The van der Waals surface area contributed by atoms with Crippen LogP contribution in [0.3, 0.4) is 0 Å². The lowest BCUT2D eigenvalue weighted by atomic mass is 10.2. The van der Waals surface area contributed by atoms with Crippen molar-refractivity contribution >= 4 is 32.6 Å². The van der Waals surface area contributed by atoms with E-state index in [2.05, 4.69) is 4.98 Å². The van der Waals surface area contributed by atoms with E-state index in [1.54, 1.807) is 6.07 Å². The molecule has 1 fully saturated rings. The van der Waals surface area contributed by atoms with Crippen LogP contribution in [0.25, 0.3) is 10.2 Å². The fraction of sp³-hybridized carbons (Fsp3) is 0.333. The third kappa shape index (κ3) is 1.73. The number of rotatable bonds is 2. The van der Waals surface area contributed by atoms with Crippen molar-refractivity contribution in [1.29, 1.82) is 0 Å². The summed E-state index contributed by atoms with van der Waals surface area (Å²) in [6.07, 6.45) is 1.65. The molecule has 0 spiro atoms. The van der Waals surface area contributed by atoms with Gasteiger partial charge in [-0.05, 0) is 25.0 Å². The van der Waals surface area contributed by atoms with E-state index in [0.717, 1.165) is 24.1 Å². The summed E-state index contributed by atoms with van der Waals surface area (Å²) in [5, 5.41) is 0.677. The minimum Gasteiger partial charge on any atom is -0.368 e. The zero-order chi connectivity index (χ0) is 12.7. The minimum absolute atomic E-state index is 0.311. The van der Waals surface area contributed by atoms with Crippen LogP contribution in [0.2, 0.25) is 0 Å². The highest BCUT2D eigenvalue weighted by Gasteiger charge is 2.31. The number of hydrogen-bond donors (Lipinski definition) is 1. The summed E-state index contributed by atoms with van der Waals surface area (Å²) >= 11 is 1.40. The summed E-state index contributed by atoms with van der Waals surface area (Å²) in [6.45, 7) is 0.745. The van der Waals surface area contributed by atoms with E-state index in [-0.39, 0.29) is 17.8 Å². The van der Waals surface area contributed by atoms with E-state index in [4.69, 9.17) is 5.73 Å². The van der Waals surface area contributed by atoms with Gasteiger partial charge in [0.25, 0.3) is 0 Å². The van der Waals surface area contributed by atoms with E-state index >= 15 is 0 Å². The van der Waals surface area contributed by atoms with Gasteiger partial charge in [-0.15, -0.1) is 0 Å². The maximum Gasteiger partial charge on any atom is 0.240 e. The molecule has 1 amide bonds. The van der Waals surface area contributed by atoms with E-state index in [9.17, 15) is 9.18 Å². The molecule has 1 aliphatic heterocycles. The van der Waals surface area contributed by atoms with Gasteiger partial charge in [0.1, 0.15) is 17.4 Å². The molecule has 1 unspecified atom stereocenters. The SMILES string of the molecule is NC(=O)C1CCCN1c1nc2c(F)cccc2s1. The number of thiazole rings is 1. The average Bonchev–Trinajstić information content (AvgIpc) is 2.95. The second kappa shape index (κ2) is 4.20. The van der Waals surface area contributed by atoms with E-state index in [0.29, 0.717) is 10.6 Å². The summed E-state index contributed by atoms with van der Waals surface area (Å²) in [5.74, 6) is -0.669. The quantitative estimate of drug-likeness (QED) is 0.902. The van der Waals surface area contributed by atoms with Crippen LogP contribution in [-0.2, 0) is 4.79 Å². The second-order valence-corrected chi connectivity index (χ2v) is 5.35. The van der Waals surface area contributed by atoms with Gasteiger partial charge in [-0.3, -0.25) is 4.79 Å². The largest absolute Gasteiger partial charge is 0.368 e. The predicted octanol–water partition coefficient (Wildman–Crippen LogP) is 1.89. The maximum absolute atomic E-state index is 13.6. The van der Waals surface area contributed by atoms with Crippen LogP contribution in [0.1, 0.15) is 12.8 Å². The smallest absolute Gasteiger partial charge is 0.240 e. The van der Waals surface area contributed by atoms with Gasteiger partial charge in [-0.1, -0.05) is 17.4 Å². The lowest BCUT2D eigenvalue weighted by molar-refractivity contribution is -0.119. The first-order chi connectivity index (χ1) is 8.66. The summed E-state index contributed by atoms with van der Waals surface area (Å²) in [7, 11) is 0. The number of aromatic nitrogens is 1. The van der Waals surface area contributed by atoms with Crippen molar-refractivity contribution in [3.8, 4) is 0 Å². The normalized spacial score (nSPS) is 19.6. The molecule has 2 aromatic rings. The van der Waals surface area contributed by atoms with Gasteiger partial charge >= 0.3 is 0 Å². The van der Waals surface area contributed by atoms with Crippen molar-refractivity contribution in [2.75, 3.05) is 11.4 Å². The first kappa shape index (κ1) is 11.4. The topological polar surface area (TPSA) is 59.2 Å². The molecule has 1 atom stereocenters. The number of primary amides is 1.